The molecule has 0 saturated carbocycles. The number of benzene rings is 1. The summed E-state index contributed by atoms with van der Waals surface area (Å²) in [5.41, 5.74) is 0. The van der Waals surface area contributed by atoms with Gasteiger partial charge in [0.25, 0.3) is 0 Å². The fraction of sp³-hybridized carbons (Fsp3) is 0.400. The molecule has 0 spiro atoms. The van der Waals surface area contributed by atoms with Crippen molar-refractivity contribution >= 4 is 17.9 Å². The van der Waals surface area contributed by atoms with E-state index in [1.807, 2.05) is 0 Å². The maximum absolute atomic E-state index is 13.3. The molecule has 23 heavy (non-hydrogen) atoms. The van der Waals surface area contributed by atoms with E-state index < -0.39 is 17.8 Å². The van der Waals surface area contributed by atoms with Crippen molar-refractivity contribution in [1.82, 2.24) is 10.2 Å². The molecular formula is C15H17FN2O5. The molecule has 1 saturated heterocycles. The fourth-order valence-electron chi connectivity index (χ4n) is 2.00. The molecule has 0 radical (unpaired) electrons. The first kappa shape index (κ1) is 16.7. The molecule has 1 aromatic carbocycles. The number of rotatable bonds is 8. The van der Waals surface area contributed by atoms with Crippen LogP contribution in [0.3, 0.4) is 0 Å². The highest BCUT2D eigenvalue weighted by atomic mass is 19.1. The number of esters is 1. The van der Waals surface area contributed by atoms with Gasteiger partial charge in [-0.15, -0.1) is 0 Å². The van der Waals surface area contributed by atoms with Crippen LogP contribution in [0.5, 0.6) is 5.75 Å². The molecule has 0 bridgehead atoms. The normalized spacial score (nSPS) is 13.9. The van der Waals surface area contributed by atoms with Crippen molar-refractivity contribution in [1.29, 1.82) is 0 Å². The molecule has 124 valence electrons. The minimum atomic E-state index is -0.479. The number of nitrogens with one attached hydrogen (secondary N) is 1. The first-order valence-corrected chi connectivity index (χ1v) is 7.19. The second-order valence-corrected chi connectivity index (χ2v) is 4.81. The standard InChI is InChI=1S/C15H17FN2O5/c16-11-4-1-2-5-12(11)22-8-9-23-14(20)6-3-7-18-13(19)10-17-15(18)21/h1-2,4-5H,3,6-10H2,(H,17,21). The van der Waals surface area contributed by atoms with Gasteiger partial charge in [0.1, 0.15) is 13.2 Å². The van der Waals surface area contributed by atoms with Gasteiger partial charge in [0.15, 0.2) is 11.6 Å². The lowest BCUT2D eigenvalue weighted by molar-refractivity contribution is -0.144. The van der Waals surface area contributed by atoms with Gasteiger partial charge in [-0.3, -0.25) is 14.5 Å². The van der Waals surface area contributed by atoms with E-state index in [9.17, 15) is 18.8 Å². The zero-order chi connectivity index (χ0) is 16.7. The molecule has 3 amide bonds. The molecule has 0 atom stereocenters. The van der Waals surface area contributed by atoms with Gasteiger partial charge in [-0.05, 0) is 18.6 Å². The van der Waals surface area contributed by atoms with Crippen LogP contribution < -0.4 is 10.1 Å². The summed E-state index contributed by atoms with van der Waals surface area (Å²) in [6, 6.07) is 5.50. The van der Waals surface area contributed by atoms with E-state index in [4.69, 9.17) is 9.47 Å². The first-order valence-electron chi connectivity index (χ1n) is 7.19. The van der Waals surface area contributed by atoms with E-state index in [1.54, 1.807) is 12.1 Å². The molecule has 8 heteroatoms. The molecule has 0 aliphatic carbocycles. The Labute approximate surface area is 132 Å². The van der Waals surface area contributed by atoms with Crippen LogP contribution in [-0.2, 0) is 14.3 Å². The largest absolute Gasteiger partial charge is 0.487 e. The number of ether oxygens (including phenoxy) is 2. The molecule has 1 aliphatic rings. The van der Waals surface area contributed by atoms with Crippen LogP contribution in [0.2, 0.25) is 0 Å². The monoisotopic (exact) mass is 324 g/mol. The lowest BCUT2D eigenvalue weighted by Gasteiger charge is -2.11. The van der Waals surface area contributed by atoms with Crippen LogP contribution in [0.1, 0.15) is 12.8 Å². The van der Waals surface area contributed by atoms with Crippen molar-refractivity contribution in [2.45, 2.75) is 12.8 Å². The second kappa shape index (κ2) is 8.11. The lowest BCUT2D eigenvalue weighted by atomic mass is 10.3. The number of para-hydroxylation sites is 1. The maximum Gasteiger partial charge on any atom is 0.324 e. The summed E-state index contributed by atoms with van der Waals surface area (Å²) in [5, 5.41) is 2.39. The molecule has 2 rings (SSSR count). The number of carbonyl (C=O) groups excluding carboxylic acids is 3. The lowest BCUT2D eigenvalue weighted by Crippen LogP contribution is -2.32. The highest BCUT2D eigenvalue weighted by Gasteiger charge is 2.27. The molecular weight excluding hydrogens is 307 g/mol. The highest BCUT2D eigenvalue weighted by molar-refractivity contribution is 6.01. The van der Waals surface area contributed by atoms with Crippen molar-refractivity contribution in [3.63, 3.8) is 0 Å². The summed E-state index contributed by atoms with van der Waals surface area (Å²) >= 11 is 0. The van der Waals surface area contributed by atoms with Crippen molar-refractivity contribution in [2.24, 2.45) is 0 Å². The minimum absolute atomic E-state index is 0.00331. The van der Waals surface area contributed by atoms with E-state index in [0.717, 1.165) is 4.90 Å². The summed E-state index contributed by atoms with van der Waals surface area (Å²) in [7, 11) is 0. The Morgan fingerprint density at radius 1 is 1.26 bits per heavy atom. The molecule has 1 aromatic rings. The third-order valence-electron chi connectivity index (χ3n) is 3.14. The van der Waals surface area contributed by atoms with Gasteiger partial charge in [-0.1, -0.05) is 12.1 Å². The van der Waals surface area contributed by atoms with Crippen molar-refractivity contribution in [2.75, 3.05) is 26.3 Å². The van der Waals surface area contributed by atoms with Gasteiger partial charge in [0.05, 0.1) is 6.54 Å². The van der Waals surface area contributed by atoms with E-state index >= 15 is 0 Å². The van der Waals surface area contributed by atoms with Crippen molar-refractivity contribution in [3.8, 4) is 5.75 Å². The van der Waals surface area contributed by atoms with Crippen LogP contribution in [0.25, 0.3) is 0 Å². The third kappa shape index (κ3) is 4.94. The summed E-state index contributed by atoms with van der Waals surface area (Å²) in [6.07, 6.45) is 0.406. The molecule has 1 aliphatic heterocycles. The Balaban J connectivity index is 1.58. The molecule has 0 unspecified atom stereocenters. The van der Waals surface area contributed by atoms with Gasteiger partial charge < -0.3 is 14.8 Å². The smallest absolute Gasteiger partial charge is 0.324 e. The van der Waals surface area contributed by atoms with E-state index in [2.05, 4.69) is 5.32 Å². The zero-order valence-corrected chi connectivity index (χ0v) is 12.4. The minimum Gasteiger partial charge on any atom is -0.487 e. The fourth-order valence-corrected chi connectivity index (χ4v) is 2.00. The van der Waals surface area contributed by atoms with Gasteiger partial charge >= 0.3 is 12.0 Å². The zero-order valence-electron chi connectivity index (χ0n) is 12.4. The van der Waals surface area contributed by atoms with Gasteiger partial charge in [0, 0.05) is 13.0 Å². The van der Waals surface area contributed by atoms with Gasteiger partial charge in [0.2, 0.25) is 5.91 Å². The van der Waals surface area contributed by atoms with Crippen LogP contribution in [0.4, 0.5) is 9.18 Å². The Bertz CT molecular complexity index is 577. The summed E-state index contributed by atoms with van der Waals surface area (Å²) in [6.45, 7) is 0.206. The number of amides is 3. The number of hydrogen-bond donors (Lipinski definition) is 1. The highest BCUT2D eigenvalue weighted by Crippen LogP contribution is 2.14. The topological polar surface area (TPSA) is 84.9 Å². The van der Waals surface area contributed by atoms with Crippen LogP contribution in [0.15, 0.2) is 24.3 Å². The molecule has 0 aromatic heterocycles. The van der Waals surface area contributed by atoms with Crippen LogP contribution in [-0.4, -0.2) is 49.1 Å². The second-order valence-electron chi connectivity index (χ2n) is 4.81. The predicted octanol–water partition coefficient (Wildman–Crippen LogP) is 1.08. The van der Waals surface area contributed by atoms with Gasteiger partial charge in [-0.25, -0.2) is 9.18 Å². The molecule has 1 heterocycles. The average Bonchev–Trinajstić information content (AvgIpc) is 2.85. The molecule has 7 nitrogen and oxygen atoms in total. The summed E-state index contributed by atoms with van der Waals surface area (Å²) < 4.78 is 23.3. The molecule has 1 N–H and O–H groups in total. The number of carbonyl (C=O) groups is 3. The van der Waals surface area contributed by atoms with Crippen molar-refractivity contribution in [3.05, 3.63) is 30.1 Å². The molecule has 1 fully saturated rings. The van der Waals surface area contributed by atoms with E-state index in [1.165, 1.54) is 12.1 Å². The third-order valence-corrected chi connectivity index (χ3v) is 3.14. The number of urea groups is 1. The van der Waals surface area contributed by atoms with E-state index in [0.29, 0.717) is 6.42 Å². The number of halogens is 1. The van der Waals surface area contributed by atoms with Crippen molar-refractivity contribution < 1.29 is 28.2 Å². The van der Waals surface area contributed by atoms with E-state index in [-0.39, 0.29) is 44.4 Å². The number of hydrogen-bond acceptors (Lipinski definition) is 5. The van der Waals surface area contributed by atoms with Crippen LogP contribution >= 0.6 is 0 Å². The number of imide groups is 1. The Morgan fingerprint density at radius 2 is 2.04 bits per heavy atom. The Hall–Kier alpha value is -2.64. The number of nitrogens with zero attached hydrogens (tertiary/aromatic N) is 1. The summed E-state index contributed by atoms with van der Waals surface area (Å²) in [4.78, 5) is 35.1. The maximum atomic E-state index is 13.3. The SMILES string of the molecule is O=C(CCCN1C(=O)CNC1=O)OCCOc1ccccc1F. The average molecular weight is 324 g/mol. The first-order chi connectivity index (χ1) is 11.1. The predicted molar refractivity (Wildman–Crippen MR) is 77.2 cm³/mol. The van der Waals surface area contributed by atoms with Gasteiger partial charge in [-0.2, -0.15) is 0 Å². The van der Waals surface area contributed by atoms with Crippen LogP contribution in [0, 0.1) is 5.82 Å². The summed E-state index contributed by atoms with van der Waals surface area (Å²) in [5.74, 6) is -1.15. The Kier molecular flexibility index (Phi) is 5.90. The Morgan fingerprint density at radius 3 is 2.74 bits per heavy atom. The quantitative estimate of drug-likeness (QED) is 0.439.